The highest BCUT2D eigenvalue weighted by Gasteiger charge is 2.72. The van der Waals surface area contributed by atoms with Gasteiger partial charge in [0.15, 0.2) is 0 Å². The molecule has 0 unspecified atom stereocenters. The molecule has 1 saturated heterocycles. The van der Waals surface area contributed by atoms with Crippen molar-refractivity contribution in [2.75, 3.05) is 11.9 Å². The predicted molar refractivity (Wildman–Crippen MR) is 153 cm³/mol. The third-order valence-electron chi connectivity index (χ3n) is 8.44. The highest BCUT2D eigenvalue weighted by Crippen LogP contribution is 2.69. The molecule has 3 aromatic carbocycles. The number of unbranched alkanes of at least 4 members (excludes halogenated alkanes) is 2. The van der Waals surface area contributed by atoms with Crippen LogP contribution in [0, 0.1) is 18.8 Å². The minimum absolute atomic E-state index is 0.0972. The Kier molecular flexibility index (Phi) is 6.53. The van der Waals surface area contributed by atoms with E-state index in [4.69, 9.17) is 34.8 Å². The summed E-state index contributed by atoms with van der Waals surface area (Å²) in [4.78, 5) is 39.1. The fourth-order valence-electron chi connectivity index (χ4n) is 6.62. The number of hydrogen-bond donors (Lipinski definition) is 1. The molecule has 1 heterocycles. The number of halogens is 3. The number of rotatable bonds is 7. The molecule has 0 radical (unpaired) electrons. The monoisotopic (exact) mass is 580 g/mol. The Morgan fingerprint density at radius 1 is 0.821 bits per heavy atom. The van der Waals surface area contributed by atoms with Gasteiger partial charge in [-0.3, -0.25) is 19.3 Å². The number of aryl methyl sites for hydroxylation is 1. The number of benzene rings is 3. The van der Waals surface area contributed by atoms with Crippen molar-refractivity contribution in [3.63, 3.8) is 0 Å². The molecule has 5 nitrogen and oxygen atoms in total. The van der Waals surface area contributed by atoms with E-state index in [0.717, 1.165) is 27.8 Å². The van der Waals surface area contributed by atoms with Crippen LogP contribution in [0.15, 0.2) is 66.7 Å². The molecule has 3 aliphatic carbocycles. The summed E-state index contributed by atoms with van der Waals surface area (Å²) in [5.74, 6) is -2.20. The maximum atomic E-state index is 13.8. The van der Waals surface area contributed by atoms with Crippen LogP contribution in [-0.2, 0) is 24.1 Å². The minimum Gasteiger partial charge on any atom is -0.326 e. The molecule has 4 aliphatic rings. The summed E-state index contributed by atoms with van der Waals surface area (Å²) >= 11 is 20.9. The molecule has 2 atom stereocenters. The SMILES string of the molecule is Cc1ccc(Cl)cc1NC(=O)CCCCCN1C(=O)[C@@H]2[C@@H](C1=O)C1(Cl)c3ccccc3C2(Cl)c2ccccc21. The van der Waals surface area contributed by atoms with Gasteiger partial charge in [0.2, 0.25) is 17.7 Å². The third-order valence-corrected chi connectivity index (χ3v) is 9.96. The van der Waals surface area contributed by atoms with Crippen molar-refractivity contribution in [3.8, 4) is 0 Å². The van der Waals surface area contributed by atoms with Gasteiger partial charge in [0.1, 0.15) is 9.75 Å². The summed E-state index contributed by atoms with van der Waals surface area (Å²) in [7, 11) is 0. The quantitative estimate of drug-likeness (QED) is 0.191. The molecule has 0 saturated carbocycles. The predicted octanol–water partition coefficient (Wildman–Crippen LogP) is 6.74. The zero-order chi connectivity index (χ0) is 27.5. The van der Waals surface area contributed by atoms with Gasteiger partial charge in [-0.15, -0.1) is 23.2 Å². The number of hydrogen-bond acceptors (Lipinski definition) is 3. The van der Waals surface area contributed by atoms with Crippen LogP contribution in [0.5, 0.6) is 0 Å². The Hall–Kier alpha value is -2.86. The zero-order valence-electron chi connectivity index (χ0n) is 21.3. The Labute approximate surface area is 242 Å². The second-order valence-corrected chi connectivity index (χ2v) is 12.2. The van der Waals surface area contributed by atoms with Gasteiger partial charge in [-0.25, -0.2) is 0 Å². The fourth-order valence-corrected chi connectivity index (χ4v) is 7.89. The lowest BCUT2D eigenvalue weighted by atomic mass is 9.54. The van der Waals surface area contributed by atoms with Crippen molar-refractivity contribution in [1.82, 2.24) is 4.90 Å². The molecule has 0 aromatic heterocycles. The molecule has 8 heteroatoms. The van der Waals surface area contributed by atoms with Gasteiger partial charge in [-0.1, -0.05) is 72.6 Å². The van der Waals surface area contributed by atoms with Crippen LogP contribution >= 0.6 is 34.8 Å². The van der Waals surface area contributed by atoms with Crippen LogP contribution < -0.4 is 5.32 Å². The number of carbonyl (C=O) groups is 3. The fraction of sp³-hybridized carbons (Fsp3) is 0.323. The molecule has 1 fully saturated rings. The van der Waals surface area contributed by atoms with Gasteiger partial charge in [0.05, 0.1) is 11.8 Å². The molecule has 39 heavy (non-hydrogen) atoms. The first-order chi connectivity index (χ1) is 18.7. The molecule has 3 amide bonds. The summed E-state index contributed by atoms with van der Waals surface area (Å²) in [5.41, 5.74) is 4.82. The van der Waals surface area contributed by atoms with Crippen LogP contribution in [-0.4, -0.2) is 29.2 Å². The van der Waals surface area contributed by atoms with Crippen molar-refractivity contribution in [1.29, 1.82) is 0 Å². The molecular formula is C31H27Cl3N2O3. The molecule has 3 aromatic rings. The van der Waals surface area contributed by atoms with Crippen molar-refractivity contribution in [3.05, 3.63) is 99.6 Å². The number of nitrogens with zero attached hydrogens (tertiary/aromatic N) is 1. The van der Waals surface area contributed by atoms with Crippen LogP contribution in [0.4, 0.5) is 5.69 Å². The maximum absolute atomic E-state index is 13.8. The topological polar surface area (TPSA) is 66.5 Å². The lowest BCUT2D eigenvalue weighted by molar-refractivity contribution is -0.140. The Bertz CT molecular complexity index is 1400. The van der Waals surface area contributed by atoms with E-state index in [1.807, 2.05) is 61.5 Å². The molecule has 1 aliphatic heterocycles. The summed E-state index contributed by atoms with van der Waals surface area (Å²) in [5, 5.41) is 3.47. The van der Waals surface area contributed by atoms with Crippen LogP contribution in [0.25, 0.3) is 0 Å². The Morgan fingerprint density at radius 2 is 1.33 bits per heavy atom. The Balaban J connectivity index is 1.16. The largest absolute Gasteiger partial charge is 0.326 e. The highest BCUT2D eigenvalue weighted by atomic mass is 35.5. The Morgan fingerprint density at radius 3 is 1.85 bits per heavy atom. The van der Waals surface area contributed by atoms with E-state index in [-0.39, 0.29) is 24.3 Å². The van der Waals surface area contributed by atoms with E-state index in [2.05, 4.69) is 5.32 Å². The van der Waals surface area contributed by atoms with Crippen LogP contribution in [0.1, 0.15) is 53.5 Å². The van der Waals surface area contributed by atoms with Gasteiger partial charge in [-0.2, -0.15) is 0 Å². The first-order valence-corrected chi connectivity index (χ1v) is 14.3. The smallest absolute Gasteiger partial charge is 0.235 e. The van der Waals surface area contributed by atoms with E-state index >= 15 is 0 Å². The van der Waals surface area contributed by atoms with E-state index in [0.29, 0.717) is 36.4 Å². The second kappa shape index (κ2) is 9.65. The summed E-state index contributed by atoms with van der Waals surface area (Å²) in [6, 6.07) is 20.6. The average Bonchev–Trinajstić information content (AvgIpc) is 3.19. The molecular weight excluding hydrogens is 555 g/mol. The van der Waals surface area contributed by atoms with E-state index in [9.17, 15) is 14.4 Å². The number of amides is 3. The zero-order valence-corrected chi connectivity index (χ0v) is 23.6. The van der Waals surface area contributed by atoms with Gasteiger partial charge < -0.3 is 5.32 Å². The van der Waals surface area contributed by atoms with Gasteiger partial charge >= 0.3 is 0 Å². The van der Waals surface area contributed by atoms with E-state index in [1.165, 1.54) is 4.90 Å². The average molecular weight is 582 g/mol. The van der Waals surface area contributed by atoms with E-state index < -0.39 is 21.6 Å². The first kappa shape index (κ1) is 26.4. The molecule has 2 bridgehead atoms. The minimum atomic E-state index is -1.16. The van der Waals surface area contributed by atoms with Crippen molar-refractivity contribution < 1.29 is 14.4 Å². The third kappa shape index (κ3) is 3.85. The second-order valence-electron chi connectivity index (χ2n) is 10.6. The highest BCUT2D eigenvalue weighted by molar-refractivity contribution is 6.36. The number of anilines is 1. The van der Waals surface area contributed by atoms with E-state index in [1.54, 1.807) is 12.1 Å². The molecule has 0 spiro atoms. The van der Waals surface area contributed by atoms with Gasteiger partial charge in [0.25, 0.3) is 0 Å². The van der Waals surface area contributed by atoms with Crippen molar-refractivity contribution in [2.45, 2.75) is 42.4 Å². The van der Waals surface area contributed by atoms with Crippen LogP contribution in [0.2, 0.25) is 5.02 Å². The number of likely N-dealkylation sites (tertiary alicyclic amines) is 1. The summed E-state index contributed by atoms with van der Waals surface area (Å²) in [6.07, 6.45) is 2.24. The summed E-state index contributed by atoms with van der Waals surface area (Å²) < 4.78 is 0. The normalized spacial score (nSPS) is 26.3. The number of imide groups is 1. The molecule has 1 N–H and O–H groups in total. The lowest BCUT2D eigenvalue weighted by Gasteiger charge is -2.54. The number of carbonyl (C=O) groups excluding carboxylic acids is 3. The number of nitrogens with one attached hydrogen (secondary N) is 1. The lowest BCUT2D eigenvalue weighted by Crippen LogP contribution is -2.57. The van der Waals surface area contributed by atoms with Crippen LogP contribution in [0.3, 0.4) is 0 Å². The maximum Gasteiger partial charge on any atom is 0.235 e. The van der Waals surface area contributed by atoms with Gasteiger partial charge in [-0.05, 0) is 59.7 Å². The number of alkyl halides is 2. The van der Waals surface area contributed by atoms with Gasteiger partial charge in [0, 0.05) is 23.7 Å². The van der Waals surface area contributed by atoms with Crippen molar-refractivity contribution >= 4 is 58.2 Å². The van der Waals surface area contributed by atoms with Crippen molar-refractivity contribution in [2.24, 2.45) is 11.8 Å². The molecule has 200 valence electrons. The molecule has 7 rings (SSSR count). The standard InChI is InChI=1S/C31H27Cl3N2O3/c1-18-14-15-19(32)17-24(18)35-25(37)13-3-2-8-16-36-28(38)26-27(29(36)39)31(34)21-10-5-4-9-20(21)30(26,33)22-11-6-7-12-23(22)31/h4-7,9-12,14-15,17,26-27H,2-3,8,13,16H2,1H3,(H,35,37)/t26-,27-,30?,31?/m0/s1. The summed E-state index contributed by atoms with van der Waals surface area (Å²) in [6.45, 7) is 2.18. The first-order valence-electron chi connectivity index (χ1n) is 13.2.